The fraction of sp³-hybridized carbons (Fsp3) is 0.259. The highest BCUT2D eigenvalue weighted by molar-refractivity contribution is 6.01. The Morgan fingerprint density at radius 2 is 1.49 bits per heavy atom. The smallest absolute Gasteiger partial charge is 0.340 e. The molecule has 0 unspecified atom stereocenters. The molecule has 0 saturated carbocycles. The van der Waals surface area contributed by atoms with Crippen molar-refractivity contribution < 1.29 is 38.7 Å². The zero-order valence-electron chi connectivity index (χ0n) is 19.9. The van der Waals surface area contributed by atoms with E-state index in [2.05, 4.69) is 5.32 Å². The quantitative estimate of drug-likeness (QED) is 0.253. The van der Waals surface area contributed by atoms with E-state index in [0.717, 1.165) is 0 Å². The number of amides is 1. The molecule has 5 rings (SSSR count). The monoisotopic (exact) mass is 506 g/mol. The number of hydrogen-bond acceptors (Lipinski definition) is 9. The van der Waals surface area contributed by atoms with Crippen LogP contribution in [0.25, 0.3) is 0 Å². The van der Waals surface area contributed by atoms with E-state index in [9.17, 15) is 19.8 Å². The van der Waals surface area contributed by atoms with E-state index in [4.69, 9.17) is 24.7 Å². The van der Waals surface area contributed by atoms with Crippen LogP contribution in [0.2, 0.25) is 0 Å². The summed E-state index contributed by atoms with van der Waals surface area (Å²) in [6, 6.07) is 13.9. The second-order valence-electron chi connectivity index (χ2n) is 8.56. The first-order valence-corrected chi connectivity index (χ1v) is 11.8. The minimum absolute atomic E-state index is 0.0267. The standard InChI is InChI=1S/C27H26N2O8/c28-7-9-34-11-12-35-10-8-29-25(32)16-1-4-20-19(13-16)26(33)37-27(20)21-5-2-17(30)14-23(21)36-24-15-18(31)3-6-22(24)27/h1-6,13-15,30-31H,7-12,28H2,(H,29,32). The summed E-state index contributed by atoms with van der Waals surface area (Å²) in [4.78, 5) is 25.9. The van der Waals surface area contributed by atoms with Gasteiger partial charge in [0.15, 0.2) is 5.60 Å². The molecule has 10 nitrogen and oxygen atoms in total. The maximum absolute atomic E-state index is 13.1. The molecule has 10 heteroatoms. The predicted octanol–water partition coefficient (Wildman–Crippen LogP) is 2.39. The van der Waals surface area contributed by atoms with Crippen LogP contribution in [-0.4, -0.2) is 61.6 Å². The van der Waals surface area contributed by atoms with Crippen molar-refractivity contribution in [3.05, 3.63) is 82.4 Å². The molecule has 0 radical (unpaired) electrons. The molecule has 192 valence electrons. The summed E-state index contributed by atoms with van der Waals surface area (Å²) in [5.74, 6) is -0.446. The third kappa shape index (κ3) is 4.46. The molecule has 2 aliphatic heterocycles. The number of benzene rings is 3. The van der Waals surface area contributed by atoms with Gasteiger partial charge in [0.25, 0.3) is 5.91 Å². The average Bonchev–Trinajstić information content (AvgIpc) is 3.17. The lowest BCUT2D eigenvalue weighted by Crippen LogP contribution is -2.33. The first kappa shape index (κ1) is 24.6. The molecule has 2 aliphatic rings. The molecular formula is C27H26N2O8. The van der Waals surface area contributed by atoms with E-state index < -0.39 is 11.6 Å². The largest absolute Gasteiger partial charge is 0.508 e. The van der Waals surface area contributed by atoms with Crippen LogP contribution < -0.4 is 15.8 Å². The van der Waals surface area contributed by atoms with Crippen molar-refractivity contribution in [1.82, 2.24) is 5.32 Å². The number of aromatic hydroxyl groups is 2. The summed E-state index contributed by atoms with van der Waals surface area (Å²) in [5, 5.41) is 22.8. The SMILES string of the molecule is NCCOCCOCCNC(=O)c1ccc2c(c1)C(=O)OC21c2ccc(O)cc2Oc2cc(O)ccc21. The van der Waals surface area contributed by atoms with Crippen molar-refractivity contribution in [2.45, 2.75) is 5.60 Å². The average molecular weight is 507 g/mol. The Balaban J connectivity index is 1.40. The Morgan fingerprint density at radius 1 is 0.865 bits per heavy atom. The number of phenolic OH excluding ortho intramolecular Hbond substituents is 2. The molecule has 0 aromatic heterocycles. The molecular weight excluding hydrogens is 480 g/mol. The van der Waals surface area contributed by atoms with Gasteiger partial charge in [-0.2, -0.15) is 0 Å². The van der Waals surface area contributed by atoms with E-state index in [1.165, 1.54) is 30.3 Å². The number of nitrogens with two attached hydrogens (primary N) is 1. The number of esters is 1. The van der Waals surface area contributed by atoms with Gasteiger partial charge in [0.1, 0.15) is 23.0 Å². The topological polar surface area (TPSA) is 150 Å². The van der Waals surface area contributed by atoms with E-state index in [1.807, 2.05) is 0 Å². The molecule has 37 heavy (non-hydrogen) atoms. The number of phenols is 2. The van der Waals surface area contributed by atoms with Crippen LogP contribution in [0.3, 0.4) is 0 Å². The Bertz CT molecular complexity index is 1300. The van der Waals surface area contributed by atoms with Gasteiger partial charge >= 0.3 is 5.97 Å². The number of fused-ring (bicyclic) bond motifs is 6. The normalized spacial score (nSPS) is 14.4. The predicted molar refractivity (Wildman–Crippen MR) is 131 cm³/mol. The van der Waals surface area contributed by atoms with Crippen LogP contribution in [0.15, 0.2) is 54.6 Å². The lowest BCUT2D eigenvalue weighted by molar-refractivity contribution is 0.0224. The Labute approximate surface area is 212 Å². The molecule has 1 spiro atoms. The summed E-state index contributed by atoms with van der Waals surface area (Å²) in [6.45, 7) is 2.33. The van der Waals surface area contributed by atoms with Crippen LogP contribution >= 0.6 is 0 Å². The molecule has 3 aromatic carbocycles. The van der Waals surface area contributed by atoms with E-state index in [0.29, 0.717) is 55.2 Å². The Morgan fingerprint density at radius 3 is 2.14 bits per heavy atom. The molecule has 0 bridgehead atoms. The fourth-order valence-corrected chi connectivity index (χ4v) is 4.59. The first-order valence-electron chi connectivity index (χ1n) is 11.8. The molecule has 0 atom stereocenters. The Hall–Kier alpha value is -4.12. The number of nitrogens with one attached hydrogen (secondary N) is 1. The van der Waals surface area contributed by atoms with Gasteiger partial charge in [0.05, 0.1) is 32.0 Å². The van der Waals surface area contributed by atoms with E-state index >= 15 is 0 Å². The zero-order valence-corrected chi connectivity index (χ0v) is 19.9. The molecule has 0 aliphatic carbocycles. The molecule has 1 amide bonds. The van der Waals surface area contributed by atoms with Crippen molar-refractivity contribution in [3.8, 4) is 23.0 Å². The van der Waals surface area contributed by atoms with Gasteiger partial charge in [0.2, 0.25) is 0 Å². The maximum atomic E-state index is 13.1. The second-order valence-corrected chi connectivity index (χ2v) is 8.56. The van der Waals surface area contributed by atoms with E-state index in [1.54, 1.807) is 24.3 Å². The minimum atomic E-state index is -1.37. The van der Waals surface area contributed by atoms with Crippen LogP contribution in [0.4, 0.5) is 0 Å². The molecule has 0 fully saturated rings. The van der Waals surface area contributed by atoms with Crippen molar-refractivity contribution in [2.75, 3.05) is 39.5 Å². The van der Waals surface area contributed by atoms with Crippen molar-refractivity contribution in [3.63, 3.8) is 0 Å². The van der Waals surface area contributed by atoms with Crippen molar-refractivity contribution >= 4 is 11.9 Å². The summed E-state index contributed by atoms with van der Waals surface area (Å²) in [5.41, 5.74) is 6.07. The fourth-order valence-electron chi connectivity index (χ4n) is 4.59. The number of rotatable bonds is 9. The molecule has 5 N–H and O–H groups in total. The van der Waals surface area contributed by atoms with Gasteiger partial charge in [0, 0.05) is 47.5 Å². The van der Waals surface area contributed by atoms with E-state index in [-0.39, 0.29) is 41.0 Å². The van der Waals surface area contributed by atoms with Gasteiger partial charge in [-0.1, -0.05) is 6.07 Å². The van der Waals surface area contributed by atoms with Crippen molar-refractivity contribution in [2.24, 2.45) is 5.73 Å². The van der Waals surface area contributed by atoms with Gasteiger partial charge in [-0.15, -0.1) is 0 Å². The van der Waals surface area contributed by atoms with Gasteiger partial charge in [-0.25, -0.2) is 4.79 Å². The van der Waals surface area contributed by atoms with Crippen LogP contribution in [0.1, 0.15) is 37.4 Å². The lowest BCUT2D eigenvalue weighted by atomic mass is 9.77. The third-order valence-electron chi connectivity index (χ3n) is 6.20. The van der Waals surface area contributed by atoms with Gasteiger partial charge in [-0.05, 0) is 36.4 Å². The zero-order chi connectivity index (χ0) is 26.0. The summed E-state index contributed by atoms with van der Waals surface area (Å²) >= 11 is 0. The van der Waals surface area contributed by atoms with Crippen LogP contribution in [0.5, 0.6) is 23.0 Å². The minimum Gasteiger partial charge on any atom is -0.508 e. The van der Waals surface area contributed by atoms with Crippen LogP contribution in [0, 0.1) is 0 Å². The van der Waals surface area contributed by atoms with Gasteiger partial charge in [-0.3, -0.25) is 4.79 Å². The molecule has 3 aromatic rings. The second kappa shape index (κ2) is 10.1. The highest BCUT2D eigenvalue weighted by Gasteiger charge is 2.53. The Kier molecular flexibility index (Phi) is 6.70. The first-order chi connectivity index (χ1) is 17.9. The number of hydrogen-bond donors (Lipinski definition) is 4. The molecule has 0 saturated heterocycles. The van der Waals surface area contributed by atoms with Crippen molar-refractivity contribution in [1.29, 1.82) is 0 Å². The maximum Gasteiger partial charge on any atom is 0.340 e. The number of carbonyl (C=O) groups excluding carboxylic acids is 2. The van der Waals surface area contributed by atoms with Gasteiger partial charge < -0.3 is 40.2 Å². The third-order valence-corrected chi connectivity index (χ3v) is 6.20. The number of ether oxygens (including phenoxy) is 4. The highest BCUT2D eigenvalue weighted by Crippen LogP contribution is 2.57. The lowest BCUT2D eigenvalue weighted by Gasteiger charge is -2.36. The summed E-state index contributed by atoms with van der Waals surface area (Å²) in [7, 11) is 0. The number of carbonyl (C=O) groups is 2. The summed E-state index contributed by atoms with van der Waals surface area (Å²) in [6.07, 6.45) is 0. The molecule has 2 heterocycles. The highest BCUT2D eigenvalue weighted by atomic mass is 16.6. The summed E-state index contributed by atoms with van der Waals surface area (Å²) < 4.78 is 22.6. The van der Waals surface area contributed by atoms with Crippen LogP contribution in [-0.2, 0) is 19.8 Å².